The van der Waals surface area contributed by atoms with E-state index in [9.17, 15) is 0 Å². The van der Waals surface area contributed by atoms with Crippen molar-refractivity contribution in [1.29, 1.82) is 0 Å². The molecule has 1 nitrogen and oxygen atoms in total. The molecule has 0 N–H and O–H groups in total. The average Bonchev–Trinajstić information content (AvgIpc) is 3.20. The number of fused-ring (bicyclic) bond motifs is 9. The summed E-state index contributed by atoms with van der Waals surface area (Å²) in [5, 5.41) is 16.7. The molecule has 0 aliphatic rings. The average molecular weight is 655 g/mol. The zero-order chi connectivity index (χ0) is 33.2. The first-order valence-electron chi connectivity index (χ1n) is 17.1. The predicted molar refractivity (Wildman–Crippen MR) is 216 cm³/mol. The number of hydrogen-bond acceptors (Lipinski definition) is 1. The van der Waals surface area contributed by atoms with Gasteiger partial charge in [-0.1, -0.05) is 182 Å². The molecule has 0 aromatic heterocycles. The second-order valence-corrected chi connectivity index (χ2v) is 15.8. The van der Waals surface area contributed by atoms with Crippen LogP contribution in [0, 0.1) is 0 Å². The normalized spacial score (nSPS) is 12.1. The molecule has 0 saturated heterocycles. The summed E-state index contributed by atoms with van der Waals surface area (Å²) >= 11 is 0. The molecule has 0 aliphatic carbocycles. The van der Waals surface area contributed by atoms with Gasteiger partial charge in [-0.15, -0.1) is 0 Å². The third-order valence-electron chi connectivity index (χ3n) is 10.5. The number of benzene rings is 10. The molecule has 0 atom stereocenters. The third kappa shape index (κ3) is 4.11. The van der Waals surface area contributed by atoms with Gasteiger partial charge < -0.3 is 4.57 Å². The van der Waals surface area contributed by atoms with E-state index < -0.39 is 7.14 Å². The van der Waals surface area contributed by atoms with E-state index in [1.165, 1.54) is 54.2 Å². The highest BCUT2D eigenvalue weighted by molar-refractivity contribution is 7.86. The minimum Gasteiger partial charge on any atom is -0.309 e. The van der Waals surface area contributed by atoms with Gasteiger partial charge in [-0.3, -0.25) is 0 Å². The van der Waals surface area contributed by atoms with Crippen molar-refractivity contribution < 1.29 is 4.57 Å². The third-order valence-corrected chi connectivity index (χ3v) is 13.6. The Labute approximate surface area is 290 Å². The highest BCUT2D eigenvalue weighted by Gasteiger charge is 2.34. The lowest BCUT2D eigenvalue weighted by atomic mass is 9.83. The monoisotopic (exact) mass is 654 g/mol. The molecule has 2 heteroatoms. The van der Waals surface area contributed by atoms with Crippen LogP contribution in [0.3, 0.4) is 0 Å². The van der Waals surface area contributed by atoms with E-state index in [2.05, 4.69) is 127 Å². The van der Waals surface area contributed by atoms with Gasteiger partial charge in [0.25, 0.3) is 0 Å². The van der Waals surface area contributed by atoms with Crippen LogP contribution < -0.4 is 15.9 Å². The van der Waals surface area contributed by atoms with Crippen LogP contribution in [0.4, 0.5) is 0 Å². The molecule has 0 unspecified atom stereocenters. The molecule has 0 bridgehead atoms. The molecule has 10 rings (SSSR count). The Morgan fingerprint density at radius 3 is 1.22 bits per heavy atom. The Morgan fingerprint density at radius 2 is 0.680 bits per heavy atom. The highest BCUT2D eigenvalue weighted by Crippen LogP contribution is 2.52. The second-order valence-electron chi connectivity index (χ2n) is 13.1. The fourth-order valence-corrected chi connectivity index (χ4v) is 11.5. The Balaban J connectivity index is 1.47. The van der Waals surface area contributed by atoms with Crippen molar-refractivity contribution >= 4 is 87.7 Å². The maximum absolute atomic E-state index is 16.2. The standard InChI is InChI=1S/C48H31OP/c49-50(33-18-3-1-4-19-33,34-20-5-2-6-21-34)48-42-29-15-13-27-40(42)45(41-28-14-16-30-43(41)48)47-35-22-8-7-17-32(35)31-44-38-25-10-9-23-36(38)37-24-11-12-26-39(37)46(44)47/h1-31H. The van der Waals surface area contributed by atoms with Gasteiger partial charge in [0.2, 0.25) is 0 Å². The topological polar surface area (TPSA) is 17.1 Å². The van der Waals surface area contributed by atoms with Crippen molar-refractivity contribution in [3.8, 4) is 11.1 Å². The zero-order valence-electron chi connectivity index (χ0n) is 27.3. The van der Waals surface area contributed by atoms with E-state index in [0.29, 0.717) is 0 Å². The SMILES string of the molecule is O=P(c1ccccc1)(c1ccccc1)c1c2ccccc2c(-c2c3ccccc3cc3c4ccccc4c4ccccc4c23)c2ccccc12. The lowest BCUT2D eigenvalue weighted by Gasteiger charge is -2.26. The molecule has 0 saturated carbocycles. The fraction of sp³-hybridized carbons (Fsp3) is 0. The van der Waals surface area contributed by atoms with E-state index in [1.54, 1.807) is 0 Å². The summed E-state index contributed by atoms with van der Waals surface area (Å²) in [7, 11) is -3.35. The molecule has 10 aromatic carbocycles. The summed E-state index contributed by atoms with van der Waals surface area (Å²) in [5.41, 5.74) is 2.39. The van der Waals surface area contributed by atoms with Crippen molar-refractivity contribution in [2.45, 2.75) is 0 Å². The Hall–Kier alpha value is -6.01. The first kappa shape index (κ1) is 29.0. The van der Waals surface area contributed by atoms with Crippen LogP contribution in [0.2, 0.25) is 0 Å². The highest BCUT2D eigenvalue weighted by atomic mass is 31.2. The van der Waals surface area contributed by atoms with Crippen molar-refractivity contribution in [2.24, 2.45) is 0 Å². The number of rotatable bonds is 4. The summed E-state index contributed by atoms with van der Waals surface area (Å²) in [6.45, 7) is 0. The minimum atomic E-state index is -3.35. The van der Waals surface area contributed by atoms with Crippen LogP contribution in [-0.4, -0.2) is 0 Å². The van der Waals surface area contributed by atoms with E-state index in [-0.39, 0.29) is 0 Å². The van der Waals surface area contributed by atoms with Crippen molar-refractivity contribution in [3.63, 3.8) is 0 Å². The second kappa shape index (κ2) is 11.3. The molecule has 0 amide bonds. The molecule has 0 aliphatic heterocycles. The summed E-state index contributed by atoms with van der Waals surface area (Å²) in [4.78, 5) is 0. The molecule has 0 spiro atoms. The fourth-order valence-electron chi connectivity index (χ4n) is 8.39. The Kier molecular flexibility index (Phi) is 6.53. The molecular formula is C48H31OP. The quantitative estimate of drug-likeness (QED) is 0.105. The molecule has 0 fully saturated rings. The van der Waals surface area contributed by atoms with E-state index >= 15 is 4.57 Å². The number of hydrogen-bond donors (Lipinski definition) is 0. The van der Waals surface area contributed by atoms with E-state index in [1.807, 2.05) is 60.7 Å². The van der Waals surface area contributed by atoms with Crippen LogP contribution in [0.5, 0.6) is 0 Å². The summed E-state index contributed by atoms with van der Waals surface area (Å²) in [6, 6.07) is 66.2. The summed E-state index contributed by atoms with van der Waals surface area (Å²) < 4.78 is 16.2. The molecule has 50 heavy (non-hydrogen) atoms. The van der Waals surface area contributed by atoms with Gasteiger partial charge in [0, 0.05) is 15.9 Å². The van der Waals surface area contributed by atoms with Crippen molar-refractivity contribution in [1.82, 2.24) is 0 Å². The Bertz CT molecular complexity index is 2900. The van der Waals surface area contributed by atoms with Crippen LogP contribution in [-0.2, 0) is 4.57 Å². The van der Waals surface area contributed by atoms with Gasteiger partial charge in [-0.2, -0.15) is 0 Å². The van der Waals surface area contributed by atoms with E-state index in [4.69, 9.17) is 0 Å². The van der Waals surface area contributed by atoms with Gasteiger partial charge in [0.15, 0.2) is 7.14 Å². The van der Waals surface area contributed by atoms with Gasteiger partial charge in [-0.05, 0) is 81.8 Å². The van der Waals surface area contributed by atoms with Gasteiger partial charge in [0.1, 0.15) is 0 Å². The smallest absolute Gasteiger partial charge is 0.172 e. The molecule has 10 aromatic rings. The molecular weight excluding hydrogens is 624 g/mol. The molecule has 0 radical (unpaired) electrons. The van der Waals surface area contributed by atoms with Crippen LogP contribution >= 0.6 is 7.14 Å². The summed E-state index contributed by atoms with van der Waals surface area (Å²) in [5.74, 6) is 0. The van der Waals surface area contributed by atoms with Crippen molar-refractivity contribution in [3.05, 3.63) is 188 Å². The van der Waals surface area contributed by atoms with Crippen LogP contribution in [0.1, 0.15) is 0 Å². The van der Waals surface area contributed by atoms with Gasteiger partial charge >= 0.3 is 0 Å². The largest absolute Gasteiger partial charge is 0.309 e. The summed E-state index contributed by atoms with van der Waals surface area (Å²) in [6.07, 6.45) is 0. The first-order chi connectivity index (χ1) is 24.7. The predicted octanol–water partition coefficient (Wildman–Crippen LogP) is 11.9. The van der Waals surface area contributed by atoms with Crippen molar-refractivity contribution in [2.75, 3.05) is 0 Å². The first-order valence-corrected chi connectivity index (χ1v) is 18.8. The van der Waals surface area contributed by atoms with E-state index in [0.717, 1.165) is 37.5 Å². The lowest BCUT2D eigenvalue weighted by Crippen LogP contribution is -2.26. The van der Waals surface area contributed by atoms with Gasteiger partial charge in [-0.25, -0.2) is 0 Å². The van der Waals surface area contributed by atoms with Gasteiger partial charge in [0.05, 0.1) is 0 Å². The molecule has 234 valence electrons. The maximum Gasteiger partial charge on any atom is 0.172 e. The lowest BCUT2D eigenvalue weighted by molar-refractivity contribution is 0.593. The maximum atomic E-state index is 16.2. The van der Waals surface area contributed by atoms with Crippen LogP contribution in [0.25, 0.3) is 75.8 Å². The zero-order valence-corrected chi connectivity index (χ0v) is 28.1. The minimum absolute atomic E-state index is 0.835. The van der Waals surface area contributed by atoms with Crippen LogP contribution in [0.15, 0.2) is 188 Å². The molecule has 0 heterocycles. The Morgan fingerprint density at radius 1 is 0.300 bits per heavy atom.